The predicted molar refractivity (Wildman–Crippen MR) is 122 cm³/mol. The van der Waals surface area contributed by atoms with Crippen molar-refractivity contribution >= 4 is 17.9 Å². The van der Waals surface area contributed by atoms with Gasteiger partial charge in [-0.05, 0) is 41.5 Å². The summed E-state index contributed by atoms with van der Waals surface area (Å²) in [6, 6.07) is 0. The highest BCUT2D eigenvalue weighted by Crippen LogP contribution is 2.09. The summed E-state index contributed by atoms with van der Waals surface area (Å²) in [6.07, 6.45) is 0. The van der Waals surface area contributed by atoms with E-state index < -0.39 is 23.1 Å². The third kappa shape index (κ3) is 14.3. The Labute approximate surface area is 192 Å². The van der Waals surface area contributed by atoms with Crippen molar-refractivity contribution in [1.29, 1.82) is 0 Å². The molecule has 2 N–H and O–H groups in total. The quantitative estimate of drug-likeness (QED) is 0.467. The standard InChI is InChI=1S/C22H42N4O6/c1-21(2,3)31-19(29)16-25-10-8-23-7-9-24(11-13-25)12-14-26(15-18(27)28)17-20(30)32-22(4,5)6/h23H,7-17H2,1-6H3,(H,27,28). The minimum absolute atomic E-state index is 0.0690. The smallest absolute Gasteiger partial charge is 0.320 e. The Balaban J connectivity index is 2.62. The first kappa shape index (κ1) is 28.3. The second-order valence-electron chi connectivity index (χ2n) is 10.1. The number of hydrogen-bond acceptors (Lipinski definition) is 9. The Bertz CT molecular complexity index is 615. The van der Waals surface area contributed by atoms with Gasteiger partial charge in [0.25, 0.3) is 0 Å². The van der Waals surface area contributed by atoms with Crippen LogP contribution in [0.1, 0.15) is 41.5 Å². The minimum Gasteiger partial charge on any atom is -0.480 e. The maximum absolute atomic E-state index is 12.2. The number of ether oxygens (including phenoxy) is 2. The van der Waals surface area contributed by atoms with Crippen LogP contribution in [-0.2, 0) is 23.9 Å². The number of carboxylic acids is 1. The zero-order chi connectivity index (χ0) is 24.4. The minimum atomic E-state index is -0.983. The molecule has 0 bridgehead atoms. The van der Waals surface area contributed by atoms with E-state index >= 15 is 0 Å². The fourth-order valence-corrected chi connectivity index (χ4v) is 3.29. The molecule has 10 nitrogen and oxygen atoms in total. The van der Waals surface area contributed by atoms with Crippen molar-refractivity contribution < 1.29 is 29.0 Å². The Morgan fingerprint density at radius 3 is 1.94 bits per heavy atom. The summed E-state index contributed by atoms with van der Waals surface area (Å²) in [5.74, 6) is -1.66. The van der Waals surface area contributed by atoms with Crippen molar-refractivity contribution in [3.8, 4) is 0 Å². The van der Waals surface area contributed by atoms with Crippen LogP contribution in [0.5, 0.6) is 0 Å². The molecular weight excluding hydrogens is 416 g/mol. The molecule has 0 aromatic carbocycles. The normalized spacial score (nSPS) is 17.3. The maximum atomic E-state index is 12.2. The van der Waals surface area contributed by atoms with Gasteiger partial charge in [-0.15, -0.1) is 0 Å². The molecule has 0 aliphatic carbocycles. The molecule has 1 rings (SSSR count). The third-order valence-electron chi connectivity index (χ3n) is 4.58. The average molecular weight is 459 g/mol. The number of carboxylic acid groups (broad SMARTS) is 1. The molecule has 0 unspecified atom stereocenters. The third-order valence-corrected chi connectivity index (χ3v) is 4.58. The van der Waals surface area contributed by atoms with E-state index in [0.29, 0.717) is 19.6 Å². The summed E-state index contributed by atoms with van der Waals surface area (Å²) in [7, 11) is 0. The molecule has 0 amide bonds. The van der Waals surface area contributed by atoms with Crippen molar-refractivity contribution in [2.24, 2.45) is 0 Å². The molecule has 0 saturated carbocycles. The maximum Gasteiger partial charge on any atom is 0.320 e. The second kappa shape index (κ2) is 13.1. The van der Waals surface area contributed by atoms with Gasteiger partial charge in [0.1, 0.15) is 11.2 Å². The zero-order valence-electron chi connectivity index (χ0n) is 20.6. The van der Waals surface area contributed by atoms with E-state index in [1.54, 1.807) is 25.7 Å². The van der Waals surface area contributed by atoms with Crippen molar-refractivity contribution in [2.45, 2.75) is 52.7 Å². The summed E-state index contributed by atoms with van der Waals surface area (Å²) in [5.41, 5.74) is -1.13. The zero-order valence-corrected chi connectivity index (χ0v) is 20.6. The lowest BCUT2D eigenvalue weighted by atomic mass is 10.2. The van der Waals surface area contributed by atoms with E-state index in [1.165, 1.54) is 0 Å². The van der Waals surface area contributed by atoms with Crippen LogP contribution in [0.2, 0.25) is 0 Å². The highest BCUT2D eigenvalue weighted by atomic mass is 16.6. The highest BCUT2D eigenvalue weighted by Gasteiger charge is 2.22. The summed E-state index contributed by atoms with van der Waals surface area (Å²) in [6.45, 7) is 16.4. The number of hydrogen-bond donors (Lipinski definition) is 2. The molecule has 1 saturated heterocycles. The lowest BCUT2D eigenvalue weighted by Crippen LogP contribution is -2.44. The van der Waals surface area contributed by atoms with E-state index in [9.17, 15) is 19.5 Å². The average Bonchev–Trinajstić information content (AvgIpc) is 2.68. The summed E-state index contributed by atoms with van der Waals surface area (Å²) in [5, 5.41) is 12.6. The van der Waals surface area contributed by atoms with Crippen LogP contribution < -0.4 is 5.32 Å². The number of nitrogens with one attached hydrogen (secondary N) is 1. The van der Waals surface area contributed by atoms with Crippen LogP contribution in [0, 0.1) is 0 Å². The summed E-state index contributed by atoms with van der Waals surface area (Å²) < 4.78 is 10.8. The van der Waals surface area contributed by atoms with Crippen molar-refractivity contribution in [3.63, 3.8) is 0 Å². The number of nitrogens with zero attached hydrogens (tertiary/aromatic N) is 3. The van der Waals surface area contributed by atoms with E-state index in [0.717, 1.165) is 32.7 Å². The lowest BCUT2D eigenvalue weighted by Gasteiger charge is -2.29. The van der Waals surface area contributed by atoms with E-state index in [4.69, 9.17) is 9.47 Å². The van der Waals surface area contributed by atoms with Crippen LogP contribution in [0.3, 0.4) is 0 Å². The number of carbonyl (C=O) groups excluding carboxylic acids is 2. The fraction of sp³-hybridized carbons (Fsp3) is 0.864. The predicted octanol–water partition coefficient (Wildman–Crippen LogP) is 0.264. The molecule has 1 fully saturated rings. The Morgan fingerprint density at radius 1 is 0.844 bits per heavy atom. The van der Waals surface area contributed by atoms with Gasteiger partial charge in [-0.1, -0.05) is 0 Å². The SMILES string of the molecule is CC(C)(C)OC(=O)CN1CCNCCN(CCN(CC(=O)O)CC(=O)OC(C)(C)C)CC1. The molecule has 0 spiro atoms. The Hall–Kier alpha value is -1.75. The van der Waals surface area contributed by atoms with Gasteiger partial charge in [-0.3, -0.25) is 29.1 Å². The van der Waals surface area contributed by atoms with Crippen LogP contribution in [0.4, 0.5) is 0 Å². The monoisotopic (exact) mass is 458 g/mol. The largest absolute Gasteiger partial charge is 0.480 e. The van der Waals surface area contributed by atoms with E-state index in [2.05, 4.69) is 15.1 Å². The molecule has 186 valence electrons. The molecular formula is C22H42N4O6. The van der Waals surface area contributed by atoms with E-state index in [-0.39, 0.29) is 25.6 Å². The topological polar surface area (TPSA) is 112 Å². The van der Waals surface area contributed by atoms with Crippen LogP contribution in [-0.4, -0.2) is 121 Å². The second-order valence-corrected chi connectivity index (χ2v) is 10.1. The van der Waals surface area contributed by atoms with Gasteiger partial charge in [-0.25, -0.2) is 0 Å². The molecule has 0 aromatic rings. The Morgan fingerprint density at radius 2 is 1.38 bits per heavy atom. The van der Waals surface area contributed by atoms with Crippen LogP contribution in [0.15, 0.2) is 0 Å². The summed E-state index contributed by atoms with van der Waals surface area (Å²) in [4.78, 5) is 41.5. The molecule has 32 heavy (non-hydrogen) atoms. The number of rotatable bonds is 9. The van der Waals surface area contributed by atoms with Gasteiger partial charge in [0.15, 0.2) is 0 Å². The number of aliphatic carboxylic acids is 1. The van der Waals surface area contributed by atoms with Gasteiger partial charge >= 0.3 is 17.9 Å². The molecule has 0 aromatic heterocycles. The first-order valence-electron chi connectivity index (χ1n) is 11.3. The molecule has 1 heterocycles. The van der Waals surface area contributed by atoms with Gasteiger partial charge in [-0.2, -0.15) is 0 Å². The van der Waals surface area contributed by atoms with Crippen LogP contribution >= 0.6 is 0 Å². The number of esters is 2. The molecule has 0 atom stereocenters. The summed E-state index contributed by atoms with van der Waals surface area (Å²) >= 11 is 0. The molecule has 10 heteroatoms. The first-order valence-corrected chi connectivity index (χ1v) is 11.3. The fourth-order valence-electron chi connectivity index (χ4n) is 3.29. The van der Waals surface area contributed by atoms with Gasteiger partial charge in [0, 0.05) is 52.4 Å². The van der Waals surface area contributed by atoms with Gasteiger partial charge in [0.05, 0.1) is 19.6 Å². The molecule has 1 aliphatic heterocycles. The van der Waals surface area contributed by atoms with Crippen molar-refractivity contribution in [1.82, 2.24) is 20.0 Å². The van der Waals surface area contributed by atoms with Gasteiger partial charge < -0.3 is 19.9 Å². The van der Waals surface area contributed by atoms with Crippen LogP contribution in [0.25, 0.3) is 0 Å². The highest BCUT2D eigenvalue weighted by molar-refractivity contribution is 5.74. The molecule has 0 radical (unpaired) electrons. The van der Waals surface area contributed by atoms with Gasteiger partial charge in [0.2, 0.25) is 0 Å². The lowest BCUT2D eigenvalue weighted by molar-refractivity contribution is -0.157. The number of carbonyl (C=O) groups is 3. The van der Waals surface area contributed by atoms with Crippen molar-refractivity contribution in [2.75, 3.05) is 72.0 Å². The van der Waals surface area contributed by atoms with E-state index in [1.807, 2.05) is 20.8 Å². The first-order chi connectivity index (χ1) is 14.7. The molecule has 1 aliphatic rings. The van der Waals surface area contributed by atoms with Crippen molar-refractivity contribution in [3.05, 3.63) is 0 Å². The Kier molecular flexibility index (Phi) is 11.6.